The lowest BCUT2D eigenvalue weighted by atomic mass is 9.86. The number of nitrogens with one attached hydrogen (secondary N) is 1. The number of Topliss-reactive ketones (excluding diaryl/α,β-unsaturated/α-hetero) is 1. The van der Waals surface area contributed by atoms with Crippen molar-refractivity contribution in [2.24, 2.45) is 0 Å². The Labute approximate surface area is 186 Å². The van der Waals surface area contributed by atoms with Gasteiger partial charge in [0, 0.05) is 5.69 Å². The molecule has 32 heavy (non-hydrogen) atoms. The standard InChI is InChI=1S/C25H25NO6/c1-4-31-23(28)21-16(2)22(26-17(21)3)20(27)15-32-24(29)25(30,18-11-7-5-8-12-18)19-13-9-6-10-14-19/h5-14,26,30H,4,15H2,1-3H3. The largest absolute Gasteiger partial charge is 0.462 e. The highest BCUT2D eigenvalue weighted by Gasteiger charge is 2.42. The molecule has 0 amide bonds. The molecule has 0 aliphatic heterocycles. The molecule has 0 radical (unpaired) electrons. The summed E-state index contributed by atoms with van der Waals surface area (Å²) >= 11 is 0. The van der Waals surface area contributed by atoms with Gasteiger partial charge >= 0.3 is 11.9 Å². The predicted molar refractivity (Wildman–Crippen MR) is 117 cm³/mol. The molecule has 1 aromatic heterocycles. The number of aromatic nitrogens is 1. The van der Waals surface area contributed by atoms with Crippen LogP contribution in [0.15, 0.2) is 60.7 Å². The van der Waals surface area contributed by atoms with E-state index in [9.17, 15) is 19.5 Å². The zero-order valence-electron chi connectivity index (χ0n) is 18.2. The van der Waals surface area contributed by atoms with Gasteiger partial charge in [0.05, 0.1) is 17.9 Å². The molecule has 3 aromatic rings. The molecule has 0 saturated carbocycles. The molecule has 0 aliphatic rings. The summed E-state index contributed by atoms with van der Waals surface area (Å²) < 4.78 is 10.3. The minimum absolute atomic E-state index is 0.154. The smallest absolute Gasteiger partial charge is 0.348 e. The van der Waals surface area contributed by atoms with Gasteiger partial charge in [-0.3, -0.25) is 4.79 Å². The molecular weight excluding hydrogens is 410 g/mol. The molecule has 0 unspecified atom stereocenters. The van der Waals surface area contributed by atoms with Crippen LogP contribution in [0, 0.1) is 13.8 Å². The molecule has 0 atom stereocenters. The lowest BCUT2D eigenvalue weighted by molar-refractivity contribution is -0.160. The van der Waals surface area contributed by atoms with Crippen LogP contribution < -0.4 is 0 Å². The topological polar surface area (TPSA) is 106 Å². The number of ether oxygens (including phenoxy) is 2. The van der Waals surface area contributed by atoms with Gasteiger partial charge in [-0.05, 0) is 37.5 Å². The maximum absolute atomic E-state index is 13.0. The van der Waals surface area contributed by atoms with Crippen LogP contribution in [0.1, 0.15) is 50.2 Å². The van der Waals surface area contributed by atoms with E-state index in [-0.39, 0.29) is 17.9 Å². The summed E-state index contributed by atoms with van der Waals surface area (Å²) in [5.41, 5.74) is -0.100. The Hall–Kier alpha value is -3.71. The van der Waals surface area contributed by atoms with Gasteiger partial charge in [0.25, 0.3) is 0 Å². The Balaban J connectivity index is 1.84. The third-order valence-corrected chi connectivity index (χ3v) is 5.21. The first kappa shape index (κ1) is 23.0. The molecular formula is C25H25NO6. The number of ketones is 1. The Kier molecular flexibility index (Phi) is 6.90. The van der Waals surface area contributed by atoms with Gasteiger partial charge in [-0.15, -0.1) is 0 Å². The van der Waals surface area contributed by atoms with Crippen LogP contribution in [0.3, 0.4) is 0 Å². The molecule has 1 heterocycles. The van der Waals surface area contributed by atoms with Crippen LogP contribution in [0.4, 0.5) is 0 Å². The summed E-state index contributed by atoms with van der Waals surface area (Å²) in [6.07, 6.45) is 0. The van der Waals surface area contributed by atoms with Crippen LogP contribution in [0.5, 0.6) is 0 Å². The third-order valence-electron chi connectivity index (χ3n) is 5.21. The lowest BCUT2D eigenvalue weighted by Gasteiger charge is -2.26. The molecule has 7 nitrogen and oxygen atoms in total. The summed E-state index contributed by atoms with van der Waals surface area (Å²) in [6.45, 7) is 4.58. The van der Waals surface area contributed by atoms with Gasteiger partial charge in [-0.2, -0.15) is 0 Å². The van der Waals surface area contributed by atoms with Crippen molar-refractivity contribution in [3.8, 4) is 0 Å². The molecule has 2 aromatic carbocycles. The molecule has 0 fully saturated rings. The second kappa shape index (κ2) is 9.62. The summed E-state index contributed by atoms with van der Waals surface area (Å²) in [5, 5.41) is 11.4. The normalized spacial score (nSPS) is 11.1. The summed E-state index contributed by atoms with van der Waals surface area (Å²) in [6, 6.07) is 16.8. The van der Waals surface area contributed by atoms with E-state index in [0.717, 1.165) is 0 Å². The van der Waals surface area contributed by atoms with Crippen LogP contribution in [0.2, 0.25) is 0 Å². The first-order valence-electron chi connectivity index (χ1n) is 10.2. The van der Waals surface area contributed by atoms with Crippen molar-refractivity contribution in [3.05, 3.63) is 94.3 Å². The number of aromatic amines is 1. The van der Waals surface area contributed by atoms with E-state index in [4.69, 9.17) is 9.47 Å². The van der Waals surface area contributed by atoms with Crippen molar-refractivity contribution in [2.45, 2.75) is 26.4 Å². The van der Waals surface area contributed by atoms with Crippen molar-refractivity contribution in [2.75, 3.05) is 13.2 Å². The summed E-state index contributed by atoms with van der Waals surface area (Å²) in [4.78, 5) is 40.9. The van der Waals surface area contributed by atoms with E-state index in [1.54, 1.807) is 81.4 Å². The van der Waals surface area contributed by atoms with Crippen molar-refractivity contribution in [1.82, 2.24) is 4.98 Å². The quantitative estimate of drug-likeness (QED) is 0.415. The third kappa shape index (κ3) is 4.33. The molecule has 0 bridgehead atoms. The first-order valence-corrected chi connectivity index (χ1v) is 10.2. The summed E-state index contributed by atoms with van der Waals surface area (Å²) in [5.74, 6) is -2.04. The van der Waals surface area contributed by atoms with E-state index in [2.05, 4.69) is 4.98 Å². The highest BCUT2D eigenvalue weighted by Crippen LogP contribution is 2.31. The van der Waals surface area contributed by atoms with E-state index in [1.165, 1.54) is 0 Å². The van der Waals surface area contributed by atoms with Gasteiger partial charge in [0.1, 0.15) is 0 Å². The van der Waals surface area contributed by atoms with Crippen molar-refractivity contribution >= 4 is 17.7 Å². The number of aryl methyl sites for hydroxylation is 1. The van der Waals surface area contributed by atoms with Crippen molar-refractivity contribution in [3.63, 3.8) is 0 Å². The average molecular weight is 435 g/mol. The lowest BCUT2D eigenvalue weighted by Crippen LogP contribution is -2.39. The maximum atomic E-state index is 13.0. The second-order valence-electron chi connectivity index (χ2n) is 7.29. The Morgan fingerprint density at radius 2 is 1.44 bits per heavy atom. The summed E-state index contributed by atoms with van der Waals surface area (Å²) in [7, 11) is 0. The van der Waals surface area contributed by atoms with Gasteiger partial charge < -0.3 is 19.6 Å². The Morgan fingerprint density at radius 3 is 1.94 bits per heavy atom. The molecule has 3 rings (SSSR count). The monoisotopic (exact) mass is 435 g/mol. The minimum atomic E-state index is -2.08. The van der Waals surface area contributed by atoms with Crippen LogP contribution >= 0.6 is 0 Å². The molecule has 7 heteroatoms. The number of carbonyl (C=O) groups is 3. The number of esters is 2. The number of rotatable bonds is 8. The van der Waals surface area contributed by atoms with E-state index >= 15 is 0 Å². The second-order valence-corrected chi connectivity index (χ2v) is 7.29. The highest BCUT2D eigenvalue weighted by atomic mass is 16.6. The molecule has 2 N–H and O–H groups in total. The highest BCUT2D eigenvalue weighted by molar-refractivity contribution is 6.02. The Bertz CT molecular complexity index is 1080. The number of hydrogen-bond donors (Lipinski definition) is 2. The fourth-order valence-electron chi connectivity index (χ4n) is 3.61. The van der Waals surface area contributed by atoms with E-state index in [1.807, 2.05) is 0 Å². The first-order chi connectivity index (χ1) is 15.3. The van der Waals surface area contributed by atoms with E-state index in [0.29, 0.717) is 22.4 Å². The van der Waals surface area contributed by atoms with Crippen molar-refractivity contribution in [1.29, 1.82) is 0 Å². The predicted octanol–water partition coefficient (Wildman–Crippen LogP) is 3.47. The van der Waals surface area contributed by atoms with Crippen molar-refractivity contribution < 1.29 is 29.0 Å². The molecule has 0 saturated heterocycles. The number of hydrogen-bond acceptors (Lipinski definition) is 6. The SMILES string of the molecule is CCOC(=O)c1c(C)[nH]c(C(=O)COC(=O)C(O)(c2ccccc2)c2ccccc2)c1C. The van der Waals surface area contributed by atoms with Gasteiger partial charge in [-0.1, -0.05) is 60.7 Å². The fourth-order valence-corrected chi connectivity index (χ4v) is 3.61. The molecule has 0 spiro atoms. The number of carbonyl (C=O) groups excluding carboxylic acids is 3. The van der Waals surface area contributed by atoms with Gasteiger partial charge in [0.2, 0.25) is 11.4 Å². The zero-order valence-corrected chi connectivity index (χ0v) is 18.2. The average Bonchev–Trinajstić information content (AvgIpc) is 3.11. The number of aliphatic hydroxyl groups is 1. The minimum Gasteiger partial charge on any atom is -0.462 e. The number of benzene rings is 2. The van der Waals surface area contributed by atoms with Gasteiger partial charge in [0.15, 0.2) is 6.61 Å². The molecule has 166 valence electrons. The Morgan fingerprint density at radius 1 is 0.906 bits per heavy atom. The number of H-pyrrole nitrogens is 1. The van der Waals surface area contributed by atoms with Gasteiger partial charge in [-0.25, -0.2) is 9.59 Å². The van der Waals surface area contributed by atoms with Crippen LogP contribution in [-0.4, -0.2) is 41.0 Å². The molecule has 0 aliphatic carbocycles. The van der Waals surface area contributed by atoms with E-state index < -0.39 is 29.9 Å². The maximum Gasteiger partial charge on any atom is 0.348 e. The fraction of sp³-hybridized carbons (Fsp3) is 0.240. The van der Waals surface area contributed by atoms with Crippen LogP contribution in [-0.2, 0) is 19.9 Å². The zero-order chi connectivity index (χ0) is 23.3. The van der Waals surface area contributed by atoms with Crippen LogP contribution in [0.25, 0.3) is 0 Å².